The van der Waals surface area contributed by atoms with Crippen molar-refractivity contribution < 1.29 is 18.0 Å². The van der Waals surface area contributed by atoms with E-state index in [1.807, 2.05) is 18.2 Å². The Bertz CT molecular complexity index is 725. The fraction of sp³-hybridized carbons (Fsp3) is 0.188. The van der Waals surface area contributed by atoms with E-state index in [0.29, 0.717) is 12.0 Å². The summed E-state index contributed by atoms with van der Waals surface area (Å²) in [5.41, 5.74) is 1.69. The van der Waals surface area contributed by atoms with Crippen LogP contribution in [0.1, 0.15) is 16.7 Å². The highest BCUT2D eigenvalue weighted by Gasteiger charge is 2.31. The first-order chi connectivity index (χ1) is 10.4. The van der Waals surface area contributed by atoms with E-state index in [2.05, 4.69) is 15.9 Å². The molecule has 0 atom stereocenters. The highest BCUT2D eigenvalue weighted by atomic mass is 79.9. The summed E-state index contributed by atoms with van der Waals surface area (Å²) in [6.45, 7) is 0.257. The van der Waals surface area contributed by atoms with Crippen molar-refractivity contribution in [3.63, 3.8) is 0 Å². The Kier molecular flexibility index (Phi) is 3.72. The molecule has 1 amide bonds. The first kappa shape index (κ1) is 15.1. The smallest absolute Gasteiger partial charge is 0.306 e. The van der Waals surface area contributed by atoms with Crippen LogP contribution in [-0.2, 0) is 23.9 Å². The number of para-hydroxylation sites is 1. The van der Waals surface area contributed by atoms with Gasteiger partial charge in [0.2, 0.25) is 5.91 Å². The Morgan fingerprint density at radius 3 is 2.41 bits per heavy atom. The number of carbonyl (C=O) groups is 1. The Labute approximate surface area is 133 Å². The Hall–Kier alpha value is -1.82. The SMILES string of the molecule is O=C1Cc2cccc(Br)c2N1Cc1ccc(C(F)(F)F)cc1. The predicted molar refractivity (Wildman–Crippen MR) is 80.5 cm³/mol. The molecule has 0 aromatic heterocycles. The van der Waals surface area contributed by atoms with Gasteiger partial charge in [0.15, 0.2) is 0 Å². The van der Waals surface area contributed by atoms with Crippen LogP contribution in [0.2, 0.25) is 0 Å². The molecule has 0 N–H and O–H groups in total. The molecule has 3 rings (SSSR count). The van der Waals surface area contributed by atoms with Crippen molar-refractivity contribution >= 4 is 27.5 Å². The number of alkyl halides is 3. The zero-order chi connectivity index (χ0) is 15.9. The lowest BCUT2D eigenvalue weighted by Gasteiger charge is -2.19. The highest BCUT2D eigenvalue weighted by molar-refractivity contribution is 9.10. The summed E-state index contributed by atoms with van der Waals surface area (Å²) in [7, 11) is 0. The van der Waals surface area contributed by atoms with Crippen LogP contribution in [0, 0.1) is 0 Å². The topological polar surface area (TPSA) is 20.3 Å². The van der Waals surface area contributed by atoms with Crippen molar-refractivity contribution in [2.45, 2.75) is 19.1 Å². The molecule has 2 nitrogen and oxygen atoms in total. The molecule has 0 fully saturated rings. The fourth-order valence-electron chi connectivity index (χ4n) is 2.54. The van der Waals surface area contributed by atoms with Crippen molar-refractivity contribution in [1.29, 1.82) is 0 Å². The lowest BCUT2D eigenvalue weighted by molar-refractivity contribution is -0.137. The minimum absolute atomic E-state index is 0.0539. The first-order valence-corrected chi connectivity index (χ1v) is 7.39. The van der Waals surface area contributed by atoms with Crippen LogP contribution in [-0.4, -0.2) is 5.91 Å². The molecule has 0 spiro atoms. The largest absolute Gasteiger partial charge is 0.416 e. The standard InChI is InChI=1S/C16H11BrF3NO/c17-13-3-1-2-11-8-14(22)21(15(11)13)9-10-4-6-12(7-5-10)16(18,19)20/h1-7H,8-9H2. The number of carbonyl (C=O) groups excluding carboxylic acids is 1. The Balaban J connectivity index is 1.87. The number of amides is 1. The summed E-state index contributed by atoms with van der Waals surface area (Å²) < 4.78 is 38.5. The van der Waals surface area contributed by atoms with Crippen LogP contribution in [0.15, 0.2) is 46.9 Å². The zero-order valence-electron chi connectivity index (χ0n) is 11.3. The second kappa shape index (κ2) is 5.43. The van der Waals surface area contributed by atoms with Gasteiger partial charge >= 0.3 is 6.18 Å². The average molecular weight is 370 g/mol. The molecular formula is C16H11BrF3NO. The molecule has 0 saturated heterocycles. The molecule has 0 radical (unpaired) electrons. The van der Waals surface area contributed by atoms with Gasteiger partial charge in [0.05, 0.1) is 24.2 Å². The number of benzene rings is 2. The van der Waals surface area contributed by atoms with Crippen LogP contribution in [0.4, 0.5) is 18.9 Å². The van der Waals surface area contributed by atoms with E-state index in [1.165, 1.54) is 12.1 Å². The van der Waals surface area contributed by atoms with Crippen LogP contribution in [0.3, 0.4) is 0 Å². The molecule has 1 aliphatic rings. The Morgan fingerprint density at radius 1 is 1.09 bits per heavy atom. The summed E-state index contributed by atoms with van der Waals surface area (Å²) in [4.78, 5) is 13.7. The van der Waals surface area contributed by atoms with Gasteiger partial charge in [-0.25, -0.2) is 0 Å². The molecule has 0 bridgehead atoms. The van der Waals surface area contributed by atoms with Gasteiger partial charge in [-0.3, -0.25) is 4.79 Å². The minimum atomic E-state index is -4.35. The van der Waals surface area contributed by atoms with Gasteiger partial charge in [-0.1, -0.05) is 24.3 Å². The molecule has 22 heavy (non-hydrogen) atoms. The van der Waals surface area contributed by atoms with Gasteiger partial charge in [-0.05, 0) is 45.3 Å². The zero-order valence-corrected chi connectivity index (χ0v) is 12.9. The predicted octanol–water partition coefficient (Wildman–Crippen LogP) is 4.56. The van der Waals surface area contributed by atoms with Crippen LogP contribution < -0.4 is 4.90 Å². The monoisotopic (exact) mass is 369 g/mol. The van der Waals surface area contributed by atoms with Crippen molar-refractivity contribution in [3.05, 3.63) is 63.6 Å². The lowest BCUT2D eigenvalue weighted by atomic mass is 10.1. The van der Waals surface area contributed by atoms with E-state index in [9.17, 15) is 18.0 Å². The number of anilines is 1. The number of halogens is 4. The van der Waals surface area contributed by atoms with E-state index in [0.717, 1.165) is 27.9 Å². The second-order valence-corrected chi connectivity index (χ2v) is 5.95. The maximum Gasteiger partial charge on any atom is 0.416 e. The maximum absolute atomic E-state index is 12.6. The normalized spacial score (nSPS) is 14.4. The van der Waals surface area contributed by atoms with Gasteiger partial charge in [-0.15, -0.1) is 0 Å². The maximum atomic E-state index is 12.6. The lowest BCUT2D eigenvalue weighted by Crippen LogP contribution is -2.26. The first-order valence-electron chi connectivity index (χ1n) is 6.60. The van der Waals surface area contributed by atoms with E-state index < -0.39 is 11.7 Å². The number of fused-ring (bicyclic) bond motifs is 1. The van der Waals surface area contributed by atoms with E-state index in [4.69, 9.17) is 0 Å². The number of hydrogen-bond acceptors (Lipinski definition) is 1. The Morgan fingerprint density at radius 2 is 1.77 bits per heavy atom. The van der Waals surface area contributed by atoms with E-state index in [1.54, 1.807) is 4.90 Å². The van der Waals surface area contributed by atoms with Gasteiger partial charge in [-0.2, -0.15) is 13.2 Å². The third-order valence-corrected chi connectivity index (χ3v) is 4.24. The highest BCUT2D eigenvalue weighted by Crippen LogP contribution is 2.37. The van der Waals surface area contributed by atoms with Crippen molar-refractivity contribution in [2.75, 3.05) is 4.90 Å². The van der Waals surface area contributed by atoms with Crippen molar-refractivity contribution in [2.24, 2.45) is 0 Å². The molecule has 114 valence electrons. The quantitative estimate of drug-likeness (QED) is 0.759. The van der Waals surface area contributed by atoms with Crippen LogP contribution in [0.5, 0.6) is 0 Å². The molecule has 1 aliphatic heterocycles. The number of hydrogen-bond donors (Lipinski definition) is 0. The number of nitrogens with zero attached hydrogens (tertiary/aromatic N) is 1. The third-order valence-electron chi connectivity index (χ3n) is 3.60. The van der Waals surface area contributed by atoms with E-state index in [-0.39, 0.29) is 12.5 Å². The molecule has 2 aromatic carbocycles. The molecule has 0 unspecified atom stereocenters. The number of rotatable bonds is 2. The van der Waals surface area contributed by atoms with Gasteiger partial charge in [0.25, 0.3) is 0 Å². The minimum Gasteiger partial charge on any atom is -0.306 e. The van der Waals surface area contributed by atoms with Crippen molar-refractivity contribution in [1.82, 2.24) is 0 Å². The molecule has 1 heterocycles. The van der Waals surface area contributed by atoms with Gasteiger partial charge in [0.1, 0.15) is 0 Å². The van der Waals surface area contributed by atoms with Gasteiger partial charge < -0.3 is 4.90 Å². The van der Waals surface area contributed by atoms with E-state index >= 15 is 0 Å². The van der Waals surface area contributed by atoms with Crippen molar-refractivity contribution in [3.8, 4) is 0 Å². The summed E-state index contributed by atoms with van der Waals surface area (Å²) >= 11 is 3.42. The molecule has 6 heteroatoms. The average Bonchev–Trinajstić information content (AvgIpc) is 2.76. The summed E-state index contributed by atoms with van der Waals surface area (Å²) in [5.74, 6) is -0.0539. The summed E-state index contributed by atoms with van der Waals surface area (Å²) in [6, 6.07) is 10.5. The fourth-order valence-corrected chi connectivity index (χ4v) is 3.16. The van der Waals surface area contributed by atoms with Crippen LogP contribution >= 0.6 is 15.9 Å². The third kappa shape index (κ3) is 2.75. The molecule has 2 aromatic rings. The van der Waals surface area contributed by atoms with Crippen LogP contribution in [0.25, 0.3) is 0 Å². The summed E-state index contributed by atoms with van der Waals surface area (Å²) in [6.07, 6.45) is -4.03. The van der Waals surface area contributed by atoms with Gasteiger partial charge in [0, 0.05) is 4.47 Å². The summed E-state index contributed by atoms with van der Waals surface area (Å²) in [5, 5.41) is 0. The second-order valence-electron chi connectivity index (χ2n) is 5.10. The molecule has 0 saturated carbocycles. The molecule has 0 aliphatic carbocycles. The molecular weight excluding hydrogens is 359 g/mol.